The lowest BCUT2D eigenvalue weighted by Gasteiger charge is -2.38. The Hall–Kier alpha value is -2.92. The number of piperazine rings is 1. The molecule has 210 valence electrons. The molecule has 11 heteroatoms. The Kier molecular flexibility index (Phi) is 9.09. The molecule has 1 aromatic rings. The fraction of sp³-hybridized carbons (Fsp3) is 0.667. The maximum Gasteiger partial charge on any atom is 0.407 e. The zero-order valence-electron chi connectivity index (χ0n) is 22.7. The monoisotopic (exact) mass is 532 g/mol. The summed E-state index contributed by atoms with van der Waals surface area (Å²) in [5.41, 5.74) is 0.615. The van der Waals surface area contributed by atoms with E-state index < -0.39 is 23.4 Å². The summed E-state index contributed by atoms with van der Waals surface area (Å²) in [7, 11) is 0. The predicted octanol–water partition coefficient (Wildman–Crippen LogP) is 2.15. The summed E-state index contributed by atoms with van der Waals surface area (Å²) in [5, 5.41) is 8.20. The Labute approximate surface area is 224 Å². The van der Waals surface area contributed by atoms with Crippen LogP contribution in [0.25, 0.3) is 0 Å². The van der Waals surface area contributed by atoms with E-state index in [9.17, 15) is 18.8 Å². The van der Waals surface area contributed by atoms with Crippen LogP contribution in [0, 0.1) is 5.82 Å². The summed E-state index contributed by atoms with van der Waals surface area (Å²) in [4.78, 5) is 42.4. The summed E-state index contributed by atoms with van der Waals surface area (Å²) in [6.45, 7) is 13.0. The van der Waals surface area contributed by atoms with E-state index in [0.717, 1.165) is 70.9 Å². The first kappa shape index (κ1) is 28.1. The van der Waals surface area contributed by atoms with Crippen molar-refractivity contribution < 1.29 is 23.5 Å². The van der Waals surface area contributed by atoms with Crippen molar-refractivity contribution in [2.45, 2.75) is 64.1 Å². The van der Waals surface area contributed by atoms with Crippen LogP contribution in [0.4, 0.5) is 20.6 Å². The number of halogens is 1. The summed E-state index contributed by atoms with van der Waals surface area (Å²) < 4.78 is 20.2. The molecule has 0 aromatic heterocycles. The number of benzene rings is 1. The van der Waals surface area contributed by atoms with Crippen molar-refractivity contribution >= 4 is 29.3 Å². The first-order chi connectivity index (χ1) is 18.1. The maximum atomic E-state index is 14.8. The standard InChI is InChI=1S/C27H41FN6O4/c1-27(2,3)38-26(37)29-19-8-10-32(11-9-19)12-13-33-14-16-34(17-15-33)20-4-5-22(21(28)18-20)30-23-6-7-24(35)31-25(23)36/h4-5,18-19,23,30H,6-17H2,1-3H3,(H,29,37)(H,31,35,36). The van der Waals surface area contributed by atoms with E-state index in [1.54, 1.807) is 6.07 Å². The van der Waals surface area contributed by atoms with E-state index >= 15 is 0 Å². The lowest BCUT2D eigenvalue weighted by Crippen LogP contribution is -2.50. The lowest BCUT2D eigenvalue weighted by atomic mass is 10.1. The van der Waals surface area contributed by atoms with Gasteiger partial charge in [0.1, 0.15) is 17.5 Å². The second-order valence-electron chi connectivity index (χ2n) is 11.4. The lowest BCUT2D eigenvalue weighted by molar-refractivity contribution is -0.133. The van der Waals surface area contributed by atoms with Crippen molar-refractivity contribution in [3.8, 4) is 0 Å². The number of imide groups is 1. The van der Waals surface area contributed by atoms with Crippen LogP contribution < -0.4 is 20.9 Å². The van der Waals surface area contributed by atoms with Gasteiger partial charge in [-0.15, -0.1) is 0 Å². The van der Waals surface area contributed by atoms with Crippen molar-refractivity contribution in [2.24, 2.45) is 0 Å². The average molecular weight is 533 g/mol. The fourth-order valence-corrected chi connectivity index (χ4v) is 5.12. The highest BCUT2D eigenvalue weighted by molar-refractivity contribution is 6.01. The van der Waals surface area contributed by atoms with Gasteiger partial charge in [-0.05, 0) is 58.2 Å². The molecular weight excluding hydrogens is 491 g/mol. The van der Waals surface area contributed by atoms with E-state index in [0.29, 0.717) is 6.42 Å². The third-order valence-electron chi connectivity index (χ3n) is 7.30. The average Bonchev–Trinajstić information content (AvgIpc) is 2.85. The largest absolute Gasteiger partial charge is 0.444 e. The number of nitrogens with one attached hydrogen (secondary N) is 3. The van der Waals surface area contributed by atoms with Crippen LogP contribution in [0.15, 0.2) is 18.2 Å². The number of hydrogen-bond acceptors (Lipinski definition) is 8. The SMILES string of the molecule is CC(C)(C)OC(=O)NC1CCN(CCN2CCN(c3ccc(NC4CCC(=O)NC4=O)c(F)c3)CC2)CC1. The molecule has 1 atom stereocenters. The van der Waals surface area contributed by atoms with Crippen LogP contribution in [0.1, 0.15) is 46.5 Å². The minimum atomic E-state index is -0.608. The van der Waals surface area contributed by atoms with Crippen LogP contribution in [0.2, 0.25) is 0 Å². The number of ether oxygens (including phenoxy) is 1. The van der Waals surface area contributed by atoms with Gasteiger partial charge in [-0.3, -0.25) is 19.8 Å². The Morgan fingerprint density at radius 2 is 1.68 bits per heavy atom. The molecule has 3 aliphatic heterocycles. The van der Waals surface area contributed by atoms with Crippen LogP contribution in [-0.2, 0) is 14.3 Å². The summed E-state index contributed by atoms with van der Waals surface area (Å²) in [6.07, 6.45) is 2.11. The molecule has 38 heavy (non-hydrogen) atoms. The number of carbonyl (C=O) groups excluding carboxylic acids is 3. The molecular formula is C27H41FN6O4. The predicted molar refractivity (Wildman–Crippen MR) is 144 cm³/mol. The minimum Gasteiger partial charge on any atom is -0.444 e. The van der Waals surface area contributed by atoms with Crippen molar-refractivity contribution in [3.63, 3.8) is 0 Å². The number of anilines is 2. The molecule has 3 fully saturated rings. The van der Waals surface area contributed by atoms with Gasteiger partial charge in [-0.25, -0.2) is 9.18 Å². The van der Waals surface area contributed by atoms with Gasteiger partial charge in [0.2, 0.25) is 11.8 Å². The number of alkyl carbamates (subject to hydrolysis) is 1. The van der Waals surface area contributed by atoms with Crippen molar-refractivity contribution in [1.82, 2.24) is 20.4 Å². The molecule has 3 N–H and O–H groups in total. The maximum absolute atomic E-state index is 14.8. The smallest absolute Gasteiger partial charge is 0.407 e. The minimum absolute atomic E-state index is 0.163. The van der Waals surface area contributed by atoms with Crippen molar-refractivity contribution in [2.75, 3.05) is 62.6 Å². The van der Waals surface area contributed by atoms with Crippen molar-refractivity contribution in [3.05, 3.63) is 24.0 Å². The molecule has 3 aliphatic rings. The quantitative estimate of drug-likeness (QED) is 0.459. The normalized spacial score (nSPS) is 22.2. The van der Waals surface area contributed by atoms with Gasteiger partial charge in [-0.1, -0.05) is 0 Å². The summed E-state index contributed by atoms with van der Waals surface area (Å²) in [5.74, 6) is -1.11. The van der Waals surface area contributed by atoms with Gasteiger partial charge >= 0.3 is 6.09 Å². The van der Waals surface area contributed by atoms with E-state index in [2.05, 4.69) is 30.7 Å². The Morgan fingerprint density at radius 1 is 1.03 bits per heavy atom. The number of amides is 3. The molecule has 1 aromatic carbocycles. The molecule has 0 radical (unpaired) electrons. The molecule has 4 rings (SSSR count). The van der Waals surface area contributed by atoms with Gasteiger partial charge in [-0.2, -0.15) is 0 Å². The molecule has 3 saturated heterocycles. The van der Waals surface area contributed by atoms with Crippen LogP contribution in [-0.4, -0.2) is 97.8 Å². The Bertz CT molecular complexity index is 1000. The summed E-state index contributed by atoms with van der Waals surface area (Å²) >= 11 is 0. The third kappa shape index (κ3) is 8.04. The summed E-state index contributed by atoms with van der Waals surface area (Å²) in [6, 6.07) is 4.61. The fourth-order valence-electron chi connectivity index (χ4n) is 5.12. The molecule has 0 spiro atoms. The third-order valence-corrected chi connectivity index (χ3v) is 7.30. The molecule has 10 nitrogen and oxygen atoms in total. The zero-order chi connectivity index (χ0) is 27.3. The van der Waals surface area contributed by atoms with Crippen LogP contribution in [0.5, 0.6) is 0 Å². The number of carbonyl (C=O) groups is 3. The molecule has 3 heterocycles. The van der Waals surface area contributed by atoms with Gasteiger partial charge in [0.25, 0.3) is 0 Å². The molecule has 0 saturated carbocycles. The molecule has 1 unspecified atom stereocenters. The first-order valence-electron chi connectivity index (χ1n) is 13.6. The number of rotatable bonds is 7. The highest BCUT2D eigenvalue weighted by Crippen LogP contribution is 2.25. The highest BCUT2D eigenvalue weighted by atomic mass is 19.1. The van der Waals surface area contributed by atoms with Crippen LogP contribution in [0.3, 0.4) is 0 Å². The first-order valence-corrected chi connectivity index (χ1v) is 13.6. The highest BCUT2D eigenvalue weighted by Gasteiger charge is 2.28. The second kappa shape index (κ2) is 12.3. The van der Waals surface area contributed by atoms with E-state index in [1.807, 2.05) is 26.8 Å². The van der Waals surface area contributed by atoms with E-state index in [1.165, 1.54) is 6.07 Å². The second-order valence-corrected chi connectivity index (χ2v) is 11.4. The van der Waals surface area contributed by atoms with Crippen LogP contribution >= 0.6 is 0 Å². The van der Waals surface area contributed by atoms with Gasteiger partial charge in [0, 0.05) is 70.5 Å². The van der Waals surface area contributed by atoms with Gasteiger partial charge in [0.05, 0.1) is 5.69 Å². The van der Waals surface area contributed by atoms with Gasteiger partial charge in [0.15, 0.2) is 0 Å². The van der Waals surface area contributed by atoms with E-state index in [4.69, 9.17) is 4.74 Å². The number of nitrogens with zero attached hydrogens (tertiary/aromatic N) is 3. The molecule has 0 aliphatic carbocycles. The topological polar surface area (TPSA) is 106 Å². The number of likely N-dealkylation sites (tertiary alicyclic amines) is 1. The number of piperidine rings is 2. The molecule has 3 amide bonds. The Balaban J connectivity index is 1.15. The van der Waals surface area contributed by atoms with Crippen molar-refractivity contribution in [1.29, 1.82) is 0 Å². The number of hydrogen-bond donors (Lipinski definition) is 3. The van der Waals surface area contributed by atoms with Gasteiger partial charge < -0.3 is 25.2 Å². The Morgan fingerprint density at radius 3 is 2.29 bits per heavy atom. The zero-order valence-corrected chi connectivity index (χ0v) is 22.7. The molecule has 0 bridgehead atoms. The van der Waals surface area contributed by atoms with E-state index in [-0.39, 0.29) is 30.2 Å².